The Kier molecular flexibility index (Phi) is 5.64. The van der Waals surface area contributed by atoms with Gasteiger partial charge in [0, 0.05) is 17.8 Å². The van der Waals surface area contributed by atoms with Crippen LogP contribution in [0, 0.1) is 5.92 Å². The van der Waals surface area contributed by atoms with Gasteiger partial charge in [-0.05, 0) is 37.3 Å². The molecule has 0 spiro atoms. The molecule has 0 aliphatic heterocycles. The number of rotatable bonds is 7. The summed E-state index contributed by atoms with van der Waals surface area (Å²) in [6.45, 7) is 7.83. The molecule has 0 radical (unpaired) electrons. The van der Waals surface area contributed by atoms with Crippen LogP contribution in [0.2, 0.25) is 0 Å². The number of benzene rings is 1. The SMILES string of the molecule is CCCn1c(CCCC(Br)C(C)C)nc2ccccc21. The molecule has 0 fully saturated rings. The third-order valence-corrected chi connectivity index (χ3v) is 5.30. The average molecular weight is 337 g/mol. The minimum atomic E-state index is 0.617. The molecule has 0 amide bonds. The molecule has 1 atom stereocenters. The zero-order valence-electron chi connectivity index (χ0n) is 12.8. The summed E-state index contributed by atoms with van der Waals surface area (Å²) in [6, 6.07) is 8.48. The third kappa shape index (κ3) is 3.63. The topological polar surface area (TPSA) is 17.8 Å². The normalized spacial score (nSPS) is 13.2. The van der Waals surface area contributed by atoms with E-state index in [2.05, 4.69) is 65.5 Å². The zero-order chi connectivity index (χ0) is 14.5. The van der Waals surface area contributed by atoms with Crippen LogP contribution < -0.4 is 0 Å². The summed E-state index contributed by atoms with van der Waals surface area (Å²) < 4.78 is 2.40. The van der Waals surface area contributed by atoms with Crippen LogP contribution in [0.5, 0.6) is 0 Å². The second-order valence-electron chi connectivity index (χ2n) is 5.82. The van der Waals surface area contributed by atoms with Crippen molar-refractivity contribution in [2.75, 3.05) is 0 Å². The van der Waals surface area contributed by atoms with Gasteiger partial charge < -0.3 is 4.57 Å². The van der Waals surface area contributed by atoms with Crippen LogP contribution in [0.1, 0.15) is 45.9 Å². The molecule has 20 heavy (non-hydrogen) atoms. The molecule has 1 aromatic carbocycles. The fraction of sp³-hybridized carbons (Fsp3) is 0.588. The number of hydrogen-bond acceptors (Lipinski definition) is 1. The van der Waals surface area contributed by atoms with Crippen molar-refractivity contribution in [2.24, 2.45) is 5.92 Å². The Bertz CT molecular complexity index is 545. The van der Waals surface area contributed by atoms with E-state index in [1.807, 2.05) is 0 Å². The van der Waals surface area contributed by atoms with Crippen LogP contribution in [0.3, 0.4) is 0 Å². The molecule has 0 bridgehead atoms. The number of nitrogens with zero attached hydrogens (tertiary/aromatic N) is 2. The molecule has 3 heteroatoms. The minimum absolute atomic E-state index is 0.617. The minimum Gasteiger partial charge on any atom is -0.328 e. The fourth-order valence-electron chi connectivity index (χ4n) is 2.58. The molecule has 1 aromatic heterocycles. The van der Waals surface area contributed by atoms with E-state index in [0.29, 0.717) is 10.7 Å². The summed E-state index contributed by atoms with van der Waals surface area (Å²) in [5.41, 5.74) is 2.42. The molecule has 2 aromatic rings. The van der Waals surface area contributed by atoms with Gasteiger partial charge in [0.1, 0.15) is 5.82 Å². The van der Waals surface area contributed by atoms with Crippen molar-refractivity contribution in [3.8, 4) is 0 Å². The smallest absolute Gasteiger partial charge is 0.109 e. The summed E-state index contributed by atoms with van der Waals surface area (Å²) in [7, 11) is 0. The Morgan fingerprint density at radius 1 is 1.25 bits per heavy atom. The number of alkyl halides is 1. The van der Waals surface area contributed by atoms with Crippen molar-refractivity contribution in [3.63, 3.8) is 0 Å². The van der Waals surface area contributed by atoms with Crippen LogP contribution in [0.4, 0.5) is 0 Å². The quantitative estimate of drug-likeness (QED) is 0.636. The number of aromatic nitrogens is 2. The van der Waals surface area contributed by atoms with Crippen LogP contribution in [-0.4, -0.2) is 14.4 Å². The molecule has 1 heterocycles. The van der Waals surface area contributed by atoms with Gasteiger partial charge in [0.05, 0.1) is 11.0 Å². The van der Waals surface area contributed by atoms with E-state index in [9.17, 15) is 0 Å². The number of aryl methyl sites for hydroxylation is 2. The summed E-state index contributed by atoms with van der Waals surface area (Å²) >= 11 is 3.77. The van der Waals surface area contributed by atoms with Crippen LogP contribution in [-0.2, 0) is 13.0 Å². The second kappa shape index (κ2) is 7.26. The highest BCUT2D eigenvalue weighted by atomic mass is 79.9. The first-order valence-corrected chi connectivity index (χ1v) is 8.63. The van der Waals surface area contributed by atoms with E-state index in [-0.39, 0.29) is 0 Å². The van der Waals surface area contributed by atoms with Gasteiger partial charge in [0.2, 0.25) is 0 Å². The van der Waals surface area contributed by atoms with Crippen molar-refractivity contribution in [2.45, 2.75) is 57.8 Å². The van der Waals surface area contributed by atoms with Gasteiger partial charge in [-0.15, -0.1) is 0 Å². The summed E-state index contributed by atoms with van der Waals surface area (Å²) in [6.07, 6.45) is 4.64. The molecular formula is C17H25BrN2. The first-order chi connectivity index (χ1) is 9.63. The van der Waals surface area contributed by atoms with Crippen molar-refractivity contribution < 1.29 is 0 Å². The Hall–Kier alpha value is -0.830. The van der Waals surface area contributed by atoms with Gasteiger partial charge in [0.25, 0.3) is 0 Å². The Labute approximate surface area is 130 Å². The Balaban J connectivity index is 2.10. The number of halogens is 1. The summed E-state index contributed by atoms with van der Waals surface area (Å²) in [4.78, 5) is 5.44. The standard InChI is InChI=1S/C17H25BrN2/c1-4-12-20-16-10-6-5-9-15(16)19-17(20)11-7-8-14(18)13(2)3/h5-6,9-10,13-14H,4,7-8,11-12H2,1-3H3. The van der Waals surface area contributed by atoms with E-state index < -0.39 is 0 Å². The first kappa shape index (κ1) is 15.6. The predicted molar refractivity (Wildman–Crippen MR) is 90.5 cm³/mol. The largest absolute Gasteiger partial charge is 0.328 e. The molecule has 0 saturated heterocycles. The molecule has 1 unspecified atom stereocenters. The lowest BCUT2D eigenvalue weighted by Crippen LogP contribution is -2.09. The highest BCUT2D eigenvalue weighted by Crippen LogP contribution is 2.21. The van der Waals surface area contributed by atoms with E-state index in [1.54, 1.807) is 0 Å². The number of imidazole rings is 1. The monoisotopic (exact) mass is 336 g/mol. The number of para-hydroxylation sites is 2. The molecular weight excluding hydrogens is 312 g/mol. The number of hydrogen-bond donors (Lipinski definition) is 0. The van der Waals surface area contributed by atoms with Crippen molar-refractivity contribution in [3.05, 3.63) is 30.1 Å². The Morgan fingerprint density at radius 3 is 2.70 bits per heavy atom. The summed E-state index contributed by atoms with van der Waals surface area (Å²) in [5.74, 6) is 1.95. The third-order valence-electron chi connectivity index (χ3n) is 3.78. The molecule has 0 N–H and O–H groups in total. The highest BCUT2D eigenvalue weighted by Gasteiger charge is 2.12. The predicted octanol–water partition coefficient (Wildman–Crippen LogP) is 5.19. The van der Waals surface area contributed by atoms with E-state index in [1.165, 1.54) is 24.2 Å². The van der Waals surface area contributed by atoms with E-state index >= 15 is 0 Å². The molecule has 0 saturated carbocycles. The van der Waals surface area contributed by atoms with Crippen LogP contribution >= 0.6 is 15.9 Å². The van der Waals surface area contributed by atoms with Crippen molar-refractivity contribution in [1.29, 1.82) is 0 Å². The second-order valence-corrected chi connectivity index (χ2v) is 7.00. The fourth-order valence-corrected chi connectivity index (χ4v) is 2.90. The van der Waals surface area contributed by atoms with Gasteiger partial charge in [-0.1, -0.05) is 48.8 Å². The van der Waals surface area contributed by atoms with E-state index in [4.69, 9.17) is 4.98 Å². The molecule has 2 rings (SSSR count). The Morgan fingerprint density at radius 2 is 2.00 bits per heavy atom. The van der Waals surface area contributed by atoms with Crippen molar-refractivity contribution >= 4 is 27.0 Å². The first-order valence-electron chi connectivity index (χ1n) is 7.71. The number of fused-ring (bicyclic) bond motifs is 1. The van der Waals surface area contributed by atoms with Gasteiger partial charge in [-0.2, -0.15) is 0 Å². The average Bonchev–Trinajstić information content (AvgIpc) is 2.77. The van der Waals surface area contributed by atoms with Crippen LogP contribution in [0.25, 0.3) is 11.0 Å². The zero-order valence-corrected chi connectivity index (χ0v) is 14.4. The van der Waals surface area contributed by atoms with Gasteiger partial charge in [-0.25, -0.2) is 4.98 Å². The van der Waals surface area contributed by atoms with Crippen LogP contribution in [0.15, 0.2) is 24.3 Å². The maximum Gasteiger partial charge on any atom is 0.109 e. The maximum absolute atomic E-state index is 4.82. The van der Waals surface area contributed by atoms with Gasteiger partial charge in [-0.3, -0.25) is 0 Å². The maximum atomic E-state index is 4.82. The molecule has 110 valence electrons. The summed E-state index contributed by atoms with van der Waals surface area (Å²) in [5, 5.41) is 0. The molecule has 0 aliphatic carbocycles. The van der Waals surface area contributed by atoms with Gasteiger partial charge in [0.15, 0.2) is 0 Å². The highest BCUT2D eigenvalue weighted by molar-refractivity contribution is 9.09. The molecule has 2 nitrogen and oxygen atoms in total. The lowest BCUT2D eigenvalue weighted by atomic mass is 10.1. The van der Waals surface area contributed by atoms with Gasteiger partial charge >= 0.3 is 0 Å². The van der Waals surface area contributed by atoms with E-state index in [0.717, 1.165) is 24.9 Å². The molecule has 0 aliphatic rings. The van der Waals surface area contributed by atoms with Crippen molar-refractivity contribution in [1.82, 2.24) is 9.55 Å². The lowest BCUT2D eigenvalue weighted by Gasteiger charge is -2.13. The lowest BCUT2D eigenvalue weighted by molar-refractivity contribution is 0.549.